The summed E-state index contributed by atoms with van der Waals surface area (Å²) in [4.78, 5) is 28.5. The number of hydroxylamine groups is 3. The van der Waals surface area contributed by atoms with Crippen molar-refractivity contribution in [2.75, 3.05) is 12.8 Å². The number of quaternary nitrogens is 1. The molecule has 103 valence electrons. The van der Waals surface area contributed by atoms with Gasteiger partial charge in [-0.1, -0.05) is 6.42 Å². The Morgan fingerprint density at radius 3 is 1.95 bits per heavy atom. The van der Waals surface area contributed by atoms with Gasteiger partial charge in [0.2, 0.25) is 0 Å². The predicted molar refractivity (Wildman–Crippen MR) is 77.2 cm³/mol. The average Bonchev–Trinajstić information content (AvgIpc) is 2.14. The molecule has 0 aromatic heterocycles. The number of aliphatic carboxylic acids is 1. The molecule has 0 spiro atoms. The molecule has 7 nitrogen and oxygen atoms in total. The maximum absolute atomic E-state index is 12.3. The number of rotatable bonds is 5. The first kappa shape index (κ1) is 27.4. The van der Waals surface area contributed by atoms with Crippen LogP contribution in [0, 0.1) is 5.21 Å². The van der Waals surface area contributed by atoms with Crippen LogP contribution >= 0.6 is 7.60 Å². The summed E-state index contributed by atoms with van der Waals surface area (Å²) in [5.74, 6) is -1.32. The Labute approximate surface area is 185 Å². The number of hydrogen-bond acceptors (Lipinski definition) is 3. The van der Waals surface area contributed by atoms with Crippen molar-refractivity contribution in [2.24, 2.45) is 0 Å². The van der Waals surface area contributed by atoms with E-state index >= 15 is 0 Å². The smallest absolute Gasteiger partial charge is 0.379 e. The Morgan fingerprint density at radius 2 is 1.60 bits per heavy atom. The fourth-order valence-corrected chi connectivity index (χ4v) is 3.34. The molecule has 0 aromatic rings. The van der Waals surface area contributed by atoms with E-state index in [1.54, 1.807) is 0 Å². The van der Waals surface area contributed by atoms with E-state index in [1.807, 2.05) is 0 Å². The third kappa shape index (κ3) is 10.3. The molecular formula is C9H18NNa3O6P. The van der Waals surface area contributed by atoms with Crippen LogP contribution in [-0.4, -0.2) is 133 Å². The molecule has 0 aliphatic heterocycles. The van der Waals surface area contributed by atoms with Crippen molar-refractivity contribution in [2.45, 2.75) is 38.1 Å². The van der Waals surface area contributed by atoms with Gasteiger partial charge in [0.15, 0.2) is 12.8 Å². The molecule has 1 fully saturated rings. The van der Waals surface area contributed by atoms with E-state index in [4.69, 9.17) is 14.9 Å². The van der Waals surface area contributed by atoms with E-state index in [0.717, 1.165) is 19.3 Å². The van der Waals surface area contributed by atoms with Gasteiger partial charge in [-0.05, 0) is 25.7 Å². The van der Waals surface area contributed by atoms with E-state index in [0.29, 0.717) is 12.8 Å². The van der Waals surface area contributed by atoms with Crippen molar-refractivity contribution >= 4 is 102 Å². The predicted octanol–water partition coefficient (Wildman–Crippen LogP) is -0.289. The minimum atomic E-state index is -4.51. The van der Waals surface area contributed by atoms with Crippen LogP contribution in [0.4, 0.5) is 0 Å². The van der Waals surface area contributed by atoms with Gasteiger partial charge >= 0.3 is 13.6 Å². The maximum Gasteiger partial charge on any atom is 0.379 e. The second-order valence-electron chi connectivity index (χ2n) is 4.60. The number of hydrogen-bond donors (Lipinski definition) is 3. The van der Waals surface area contributed by atoms with Crippen molar-refractivity contribution in [3.8, 4) is 0 Å². The van der Waals surface area contributed by atoms with E-state index in [2.05, 4.69) is 0 Å². The number of nitrogens with zero attached hydrogens (tertiary/aromatic N) is 1. The average molecular weight is 336 g/mol. The van der Waals surface area contributed by atoms with Crippen LogP contribution in [0.1, 0.15) is 32.1 Å². The monoisotopic (exact) mass is 336 g/mol. The quantitative estimate of drug-likeness (QED) is 0.275. The van der Waals surface area contributed by atoms with Crippen molar-refractivity contribution in [1.82, 2.24) is 0 Å². The van der Waals surface area contributed by atoms with Gasteiger partial charge in [0.1, 0.15) is 0 Å². The first-order chi connectivity index (χ1) is 7.73. The summed E-state index contributed by atoms with van der Waals surface area (Å²) in [7, 11) is -4.51. The molecule has 0 heterocycles. The molecule has 1 unspecified atom stereocenters. The zero-order valence-electron chi connectivity index (χ0n) is 12.5. The van der Waals surface area contributed by atoms with Crippen molar-refractivity contribution in [1.29, 1.82) is 0 Å². The maximum atomic E-state index is 12.3. The second-order valence-corrected chi connectivity index (χ2v) is 6.21. The van der Waals surface area contributed by atoms with E-state index in [-0.39, 0.29) is 88.7 Å². The Hall–Kier alpha value is 2.54. The van der Waals surface area contributed by atoms with E-state index in [9.17, 15) is 14.6 Å². The molecule has 1 aliphatic rings. The zero-order valence-corrected chi connectivity index (χ0v) is 19.4. The minimum Gasteiger partial charge on any atom is -0.632 e. The van der Waals surface area contributed by atoms with Gasteiger partial charge in [0.25, 0.3) is 0 Å². The van der Waals surface area contributed by atoms with Crippen LogP contribution in [0.25, 0.3) is 0 Å². The summed E-state index contributed by atoms with van der Waals surface area (Å²) in [5, 5.41) is 21.1. The van der Waals surface area contributed by atoms with Crippen LogP contribution in [0.5, 0.6) is 0 Å². The topological polar surface area (TPSA) is 118 Å². The Bertz CT molecular complexity index is 336. The number of carboxylic acid groups (broad SMARTS) is 1. The summed E-state index contributed by atoms with van der Waals surface area (Å²) in [6.07, 6.45) is 2.75. The SMILES string of the molecule is O=C(O)C[N+]([O-])(CP(=O)(O)O)C1CCCCC1.[Na].[Na].[Na]. The first-order valence-electron chi connectivity index (χ1n) is 5.57. The molecule has 1 atom stereocenters. The minimum absolute atomic E-state index is 0. The van der Waals surface area contributed by atoms with Crippen LogP contribution in [0.15, 0.2) is 0 Å². The third-order valence-electron chi connectivity index (χ3n) is 3.07. The summed E-state index contributed by atoms with van der Waals surface area (Å²) in [6.45, 7) is -0.782. The molecule has 3 radical (unpaired) electrons. The molecule has 0 saturated heterocycles. The van der Waals surface area contributed by atoms with Gasteiger partial charge < -0.3 is 24.7 Å². The Kier molecular flexibility index (Phi) is 16.4. The van der Waals surface area contributed by atoms with Crippen molar-refractivity contribution in [3.63, 3.8) is 0 Å². The molecule has 1 aliphatic carbocycles. The molecule has 0 amide bonds. The van der Waals surface area contributed by atoms with Crippen LogP contribution in [-0.2, 0) is 9.36 Å². The summed E-state index contributed by atoms with van der Waals surface area (Å²) >= 11 is 0. The van der Waals surface area contributed by atoms with Gasteiger partial charge in [-0.15, -0.1) is 0 Å². The molecule has 11 heteroatoms. The van der Waals surface area contributed by atoms with E-state index < -0.39 is 37.1 Å². The third-order valence-corrected chi connectivity index (χ3v) is 3.91. The van der Waals surface area contributed by atoms with Gasteiger partial charge in [-0.3, -0.25) is 4.57 Å². The molecule has 1 saturated carbocycles. The van der Waals surface area contributed by atoms with Gasteiger partial charge in [-0.2, -0.15) is 0 Å². The van der Waals surface area contributed by atoms with Crippen LogP contribution in [0.2, 0.25) is 0 Å². The largest absolute Gasteiger partial charge is 0.632 e. The Morgan fingerprint density at radius 1 is 1.15 bits per heavy atom. The molecule has 20 heavy (non-hydrogen) atoms. The normalized spacial score (nSPS) is 18.8. The Balaban J connectivity index is -0.000000963. The molecular weight excluding hydrogens is 318 g/mol. The standard InChI is InChI=1S/C9H18NO6P.3Na/c11-9(12)6-10(13,7-17(14,15)16)8-4-2-1-3-5-8;;;/h8H,1-7H2,(H,11,12)(H2,14,15,16);;;. The fraction of sp³-hybridized carbons (Fsp3) is 0.889. The van der Waals surface area contributed by atoms with Crippen LogP contribution in [0.3, 0.4) is 0 Å². The molecule has 0 aromatic carbocycles. The summed E-state index contributed by atoms with van der Waals surface area (Å²) in [6, 6.07) is -0.507. The first-order valence-corrected chi connectivity index (χ1v) is 7.37. The fourth-order valence-electron chi connectivity index (χ4n) is 2.39. The number of carbonyl (C=O) groups is 1. The van der Waals surface area contributed by atoms with Gasteiger partial charge in [0.05, 0.1) is 6.04 Å². The van der Waals surface area contributed by atoms with Crippen molar-refractivity contribution < 1.29 is 28.9 Å². The number of carboxylic acids is 1. The molecule has 1 rings (SSSR count). The van der Waals surface area contributed by atoms with Crippen LogP contribution < -0.4 is 0 Å². The molecule has 3 N–H and O–H groups in total. The van der Waals surface area contributed by atoms with E-state index in [1.165, 1.54) is 0 Å². The summed E-state index contributed by atoms with van der Waals surface area (Å²) in [5.41, 5.74) is 0. The molecule has 0 bridgehead atoms. The summed E-state index contributed by atoms with van der Waals surface area (Å²) < 4.78 is 9.65. The van der Waals surface area contributed by atoms with Gasteiger partial charge in [0, 0.05) is 88.7 Å². The second kappa shape index (κ2) is 12.0. The zero-order chi connectivity index (χ0) is 13.1. The van der Waals surface area contributed by atoms with Gasteiger partial charge in [-0.25, -0.2) is 4.79 Å². The van der Waals surface area contributed by atoms with Crippen molar-refractivity contribution in [3.05, 3.63) is 5.21 Å².